The summed E-state index contributed by atoms with van der Waals surface area (Å²) in [6.45, 7) is 1.99. The predicted molar refractivity (Wildman–Crippen MR) is 72.7 cm³/mol. The largest absolute Gasteiger partial charge is 0.387 e. The number of rotatable bonds is 4. The molecule has 1 aromatic heterocycles. The maximum atomic E-state index is 11.8. The van der Waals surface area contributed by atoms with Gasteiger partial charge in [-0.05, 0) is 24.6 Å². The molecule has 1 amide bonds. The summed E-state index contributed by atoms with van der Waals surface area (Å²) >= 11 is 0. The molecule has 4 heteroatoms. The van der Waals surface area contributed by atoms with Gasteiger partial charge in [0.05, 0.1) is 6.10 Å². The third-order valence-corrected chi connectivity index (χ3v) is 2.76. The molecule has 0 aliphatic rings. The summed E-state index contributed by atoms with van der Waals surface area (Å²) < 4.78 is 0. The first-order valence-electron chi connectivity index (χ1n) is 6.11. The first-order chi connectivity index (χ1) is 9.16. The van der Waals surface area contributed by atoms with Gasteiger partial charge in [-0.1, -0.05) is 36.4 Å². The van der Waals surface area contributed by atoms with Crippen molar-refractivity contribution < 1.29 is 9.90 Å². The van der Waals surface area contributed by atoms with Gasteiger partial charge in [-0.15, -0.1) is 0 Å². The Morgan fingerprint density at radius 3 is 2.63 bits per heavy atom. The first kappa shape index (κ1) is 13.2. The minimum absolute atomic E-state index is 0.165. The molecule has 0 saturated carbocycles. The van der Waals surface area contributed by atoms with Crippen LogP contribution in [0.2, 0.25) is 0 Å². The van der Waals surface area contributed by atoms with Crippen molar-refractivity contribution in [2.45, 2.75) is 13.0 Å². The third-order valence-electron chi connectivity index (χ3n) is 2.76. The molecule has 0 saturated heterocycles. The number of hydrogen-bond acceptors (Lipinski definition) is 3. The number of aromatic nitrogens is 1. The Hall–Kier alpha value is -2.20. The zero-order chi connectivity index (χ0) is 13.7. The fourth-order valence-electron chi connectivity index (χ4n) is 1.74. The highest BCUT2D eigenvalue weighted by atomic mass is 16.3. The summed E-state index contributed by atoms with van der Waals surface area (Å²) in [4.78, 5) is 16.0. The maximum absolute atomic E-state index is 11.8. The van der Waals surface area contributed by atoms with Gasteiger partial charge in [-0.25, -0.2) is 4.98 Å². The van der Waals surface area contributed by atoms with E-state index in [9.17, 15) is 9.90 Å². The Kier molecular flexibility index (Phi) is 4.26. The van der Waals surface area contributed by atoms with Crippen LogP contribution in [-0.2, 0) is 0 Å². The van der Waals surface area contributed by atoms with Gasteiger partial charge in [-0.2, -0.15) is 0 Å². The van der Waals surface area contributed by atoms with Crippen LogP contribution >= 0.6 is 0 Å². The number of nitrogens with one attached hydrogen (secondary N) is 1. The number of pyridine rings is 1. The minimum Gasteiger partial charge on any atom is -0.387 e. The van der Waals surface area contributed by atoms with E-state index in [0.717, 1.165) is 11.3 Å². The number of nitrogens with zero attached hydrogens (tertiary/aromatic N) is 1. The van der Waals surface area contributed by atoms with Gasteiger partial charge in [0.1, 0.15) is 5.69 Å². The standard InChI is InChI=1S/C15H16N2O2/c1-11-6-5-9-13(17-11)15(19)16-10-14(18)12-7-3-2-4-8-12/h2-9,14,18H,10H2,1H3,(H,16,19). The molecule has 0 aliphatic carbocycles. The number of carbonyl (C=O) groups excluding carboxylic acids is 1. The van der Waals surface area contributed by atoms with E-state index in [2.05, 4.69) is 10.3 Å². The molecule has 0 bridgehead atoms. The number of carbonyl (C=O) groups is 1. The summed E-state index contributed by atoms with van der Waals surface area (Å²) in [5.41, 5.74) is 1.93. The number of hydrogen-bond donors (Lipinski definition) is 2. The zero-order valence-corrected chi connectivity index (χ0v) is 10.7. The van der Waals surface area contributed by atoms with Crippen LogP contribution in [0.4, 0.5) is 0 Å². The summed E-state index contributed by atoms with van der Waals surface area (Å²) in [6.07, 6.45) is -0.713. The zero-order valence-electron chi connectivity index (χ0n) is 10.7. The monoisotopic (exact) mass is 256 g/mol. The van der Waals surface area contributed by atoms with Crippen molar-refractivity contribution in [3.63, 3.8) is 0 Å². The Bertz CT molecular complexity index is 555. The number of aliphatic hydroxyl groups excluding tert-OH is 1. The molecule has 1 aromatic carbocycles. The van der Waals surface area contributed by atoms with E-state index in [1.807, 2.05) is 43.3 Å². The summed E-state index contributed by atoms with van der Waals surface area (Å²) in [5.74, 6) is -0.279. The van der Waals surface area contributed by atoms with Gasteiger partial charge in [0.2, 0.25) is 0 Å². The van der Waals surface area contributed by atoms with Gasteiger partial charge in [0, 0.05) is 12.2 Å². The van der Waals surface area contributed by atoms with Gasteiger partial charge in [-0.3, -0.25) is 4.79 Å². The van der Waals surface area contributed by atoms with E-state index in [-0.39, 0.29) is 12.5 Å². The molecule has 0 radical (unpaired) electrons. The lowest BCUT2D eigenvalue weighted by Gasteiger charge is -2.12. The summed E-state index contributed by atoms with van der Waals surface area (Å²) in [7, 11) is 0. The molecule has 4 nitrogen and oxygen atoms in total. The molecule has 0 aliphatic heterocycles. The van der Waals surface area contributed by atoms with Crippen LogP contribution in [0, 0.1) is 6.92 Å². The smallest absolute Gasteiger partial charge is 0.269 e. The molecule has 1 heterocycles. The SMILES string of the molecule is Cc1cccc(C(=O)NCC(O)c2ccccc2)n1. The Balaban J connectivity index is 1.94. The summed E-state index contributed by atoms with van der Waals surface area (Å²) in [5, 5.41) is 12.6. The van der Waals surface area contributed by atoms with Crippen molar-refractivity contribution in [2.75, 3.05) is 6.54 Å². The number of amides is 1. The number of aliphatic hydroxyl groups is 1. The first-order valence-corrected chi connectivity index (χ1v) is 6.11. The van der Waals surface area contributed by atoms with Crippen molar-refractivity contribution in [1.29, 1.82) is 0 Å². The van der Waals surface area contributed by atoms with Crippen LogP contribution in [0.5, 0.6) is 0 Å². The van der Waals surface area contributed by atoms with E-state index in [1.54, 1.807) is 12.1 Å². The Morgan fingerprint density at radius 1 is 1.21 bits per heavy atom. The molecule has 2 rings (SSSR count). The average Bonchev–Trinajstić information content (AvgIpc) is 2.45. The van der Waals surface area contributed by atoms with E-state index < -0.39 is 6.10 Å². The molecule has 2 N–H and O–H groups in total. The van der Waals surface area contributed by atoms with Gasteiger partial charge < -0.3 is 10.4 Å². The van der Waals surface area contributed by atoms with E-state index in [0.29, 0.717) is 5.69 Å². The number of aryl methyl sites for hydroxylation is 1. The van der Waals surface area contributed by atoms with Crippen LogP contribution in [-0.4, -0.2) is 22.5 Å². The van der Waals surface area contributed by atoms with E-state index in [1.165, 1.54) is 0 Å². The molecular formula is C15H16N2O2. The van der Waals surface area contributed by atoms with Gasteiger partial charge in [0.25, 0.3) is 5.91 Å². The maximum Gasteiger partial charge on any atom is 0.269 e. The second kappa shape index (κ2) is 6.11. The Morgan fingerprint density at radius 2 is 1.95 bits per heavy atom. The lowest BCUT2D eigenvalue weighted by atomic mass is 10.1. The highest BCUT2D eigenvalue weighted by molar-refractivity contribution is 5.92. The number of benzene rings is 1. The normalized spacial score (nSPS) is 11.9. The predicted octanol–water partition coefficient (Wildman–Crippen LogP) is 1.85. The van der Waals surface area contributed by atoms with Crippen LogP contribution in [0.25, 0.3) is 0 Å². The topological polar surface area (TPSA) is 62.2 Å². The fourth-order valence-corrected chi connectivity index (χ4v) is 1.74. The van der Waals surface area contributed by atoms with Gasteiger partial charge >= 0.3 is 0 Å². The molecule has 1 atom stereocenters. The van der Waals surface area contributed by atoms with Crippen molar-refractivity contribution in [2.24, 2.45) is 0 Å². The van der Waals surface area contributed by atoms with Crippen molar-refractivity contribution >= 4 is 5.91 Å². The minimum atomic E-state index is -0.713. The average molecular weight is 256 g/mol. The highest BCUT2D eigenvalue weighted by Gasteiger charge is 2.11. The second-order valence-electron chi connectivity index (χ2n) is 4.30. The van der Waals surface area contributed by atoms with Crippen molar-refractivity contribution in [1.82, 2.24) is 10.3 Å². The molecule has 2 aromatic rings. The molecule has 0 spiro atoms. The van der Waals surface area contributed by atoms with E-state index >= 15 is 0 Å². The summed E-state index contributed by atoms with van der Waals surface area (Å²) in [6, 6.07) is 14.5. The highest BCUT2D eigenvalue weighted by Crippen LogP contribution is 2.10. The third kappa shape index (κ3) is 3.63. The van der Waals surface area contributed by atoms with Crippen LogP contribution in [0.15, 0.2) is 48.5 Å². The molecule has 98 valence electrons. The fraction of sp³-hybridized carbons (Fsp3) is 0.200. The van der Waals surface area contributed by atoms with Crippen LogP contribution < -0.4 is 5.32 Å². The van der Waals surface area contributed by atoms with E-state index in [4.69, 9.17) is 0 Å². The lowest BCUT2D eigenvalue weighted by molar-refractivity contribution is 0.0911. The van der Waals surface area contributed by atoms with Crippen LogP contribution in [0.1, 0.15) is 27.8 Å². The molecule has 0 fully saturated rings. The van der Waals surface area contributed by atoms with Crippen LogP contribution in [0.3, 0.4) is 0 Å². The molecule has 1 unspecified atom stereocenters. The quantitative estimate of drug-likeness (QED) is 0.877. The van der Waals surface area contributed by atoms with Crippen molar-refractivity contribution in [3.05, 3.63) is 65.5 Å². The Labute approximate surface area is 112 Å². The lowest BCUT2D eigenvalue weighted by Crippen LogP contribution is -2.29. The van der Waals surface area contributed by atoms with Crippen molar-refractivity contribution in [3.8, 4) is 0 Å². The molecular weight excluding hydrogens is 240 g/mol. The molecule has 19 heavy (non-hydrogen) atoms. The second-order valence-corrected chi connectivity index (χ2v) is 4.30. The van der Waals surface area contributed by atoms with Gasteiger partial charge in [0.15, 0.2) is 0 Å².